The SMILES string of the molecule is O=C(O)CCC(=O)c1ccc(F)cc1.O=C(O)CCC(=O)c1ccc(Sc2ccccc2)cc1.Sc1ccccc1. The van der Waals surface area contributed by atoms with Crippen LogP contribution in [0.15, 0.2) is 124 Å². The van der Waals surface area contributed by atoms with Gasteiger partial charge in [-0.05, 0) is 60.7 Å². The van der Waals surface area contributed by atoms with E-state index in [4.69, 9.17) is 10.2 Å². The number of hydrogen-bond acceptors (Lipinski definition) is 6. The molecule has 2 N–H and O–H groups in total. The molecule has 0 aliphatic carbocycles. The fraction of sp³-hybridized carbons (Fsp3) is 0.125. The Morgan fingerprint density at radius 1 is 0.561 bits per heavy atom. The van der Waals surface area contributed by atoms with Crippen molar-refractivity contribution in [3.63, 3.8) is 0 Å². The molecule has 0 atom stereocenters. The molecule has 41 heavy (non-hydrogen) atoms. The Morgan fingerprint density at radius 2 is 0.951 bits per heavy atom. The Balaban J connectivity index is 0.000000241. The van der Waals surface area contributed by atoms with Crippen LogP contribution in [-0.4, -0.2) is 33.7 Å². The highest BCUT2D eigenvalue weighted by atomic mass is 32.2. The zero-order chi connectivity index (χ0) is 30.0. The Labute approximate surface area is 247 Å². The van der Waals surface area contributed by atoms with Crippen LogP contribution >= 0.6 is 24.4 Å². The van der Waals surface area contributed by atoms with Gasteiger partial charge in [-0.1, -0.05) is 60.3 Å². The molecule has 6 nitrogen and oxygen atoms in total. The van der Waals surface area contributed by atoms with Gasteiger partial charge in [0.05, 0.1) is 12.8 Å². The predicted molar refractivity (Wildman–Crippen MR) is 160 cm³/mol. The first-order valence-corrected chi connectivity index (χ1v) is 13.7. The van der Waals surface area contributed by atoms with Gasteiger partial charge >= 0.3 is 11.9 Å². The number of halogens is 1. The molecule has 4 aromatic carbocycles. The average Bonchev–Trinajstić information content (AvgIpc) is 2.97. The molecular formula is C32H29FO6S2. The second-order valence-electron chi connectivity index (χ2n) is 8.42. The van der Waals surface area contributed by atoms with Gasteiger partial charge in [0.25, 0.3) is 0 Å². The average molecular weight is 593 g/mol. The number of carbonyl (C=O) groups excluding carboxylic acids is 2. The van der Waals surface area contributed by atoms with E-state index in [2.05, 4.69) is 12.6 Å². The Morgan fingerprint density at radius 3 is 1.34 bits per heavy atom. The minimum atomic E-state index is -1.01. The maximum Gasteiger partial charge on any atom is 0.303 e. The third kappa shape index (κ3) is 14.1. The summed E-state index contributed by atoms with van der Waals surface area (Å²) in [5, 5.41) is 16.9. The maximum atomic E-state index is 12.5. The molecule has 0 unspecified atom stereocenters. The van der Waals surface area contributed by atoms with Crippen molar-refractivity contribution in [2.75, 3.05) is 0 Å². The molecule has 0 saturated carbocycles. The lowest BCUT2D eigenvalue weighted by Gasteiger charge is -2.03. The van der Waals surface area contributed by atoms with Gasteiger partial charge in [-0.25, -0.2) is 4.39 Å². The van der Waals surface area contributed by atoms with Crippen molar-refractivity contribution in [2.24, 2.45) is 0 Å². The zero-order valence-corrected chi connectivity index (χ0v) is 23.7. The second kappa shape index (κ2) is 18.2. The highest BCUT2D eigenvalue weighted by Gasteiger charge is 2.09. The van der Waals surface area contributed by atoms with Crippen LogP contribution in [-0.2, 0) is 9.59 Å². The summed E-state index contributed by atoms with van der Waals surface area (Å²) in [7, 11) is 0. The van der Waals surface area contributed by atoms with Crippen LogP contribution in [0.4, 0.5) is 4.39 Å². The van der Waals surface area contributed by atoms with Crippen molar-refractivity contribution in [2.45, 2.75) is 40.4 Å². The molecule has 0 aromatic heterocycles. The van der Waals surface area contributed by atoms with Gasteiger partial charge in [0, 0.05) is 38.7 Å². The van der Waals surface area contributed by atoms with Gasteiger partial charge in [0.2, 0.25) is 0 Å². The number of aliphatic carboxylic acids is 2. The largest absolute Gasteiger partial charge is 0.481 e. The Hall–Kier alpha value is -4.21. The fourth-order valence-corrected chi connectivity index (χ4v) is 4.14. The molecular weight excluding hydrogens is 563 g/mol. The molecule has 0 aliphatic rings. The summed E-state index contributed by atoms with van der Waals surface area (Å²) >= 11 is 5.71. The molecule has 0 amide bonds. The zero-order valence-electron chi connectivity index (χ0n) is 22.0. The monoisotopic (exact) mass is 592 g/mol. The van der Waals surface area contributed by atoms with E-state index < -0.39 is 17.8 Å². The molecule has 212 valence electrons. The van der Waals surface area contributed by atoms with Crippen LogP contribution in [0.5, 0.6) is 0 Å². The quantitative estimate of drug-likeness (QED) is 0.128. The lowest BCUT2D eigenvalue weighted by atomic mass is 10.1. The van der Waals surface area contributed by atoms with Crippen molar-refractivity contribution in [3.05, 3.63) is 126 Å². The highest BCUT2D eigenvalue weighted by molar-refractivity contribution is 7.99. The number of carboxylic acids is 2. The summed E-state index contributed by atoms with van der Waals surface area (Å²) in [5.41, 5.74) is 0.899. The maximum absolute atomic E-state index is 12.5. The van der Waals surface area contributed by atoms with E-state index in [1.165, 1.54) is 24.3 Å². The number of thiol groups is 1. The van der Waals surface area contributed by atoms with E-state index in [0.29, 0.717) is 11.1 Å². The van der Waals surface area contributed by atoms with Crippen LogP contribution in [0.1, 0.15) is 46.4 Å². The van der Waals surface area contributed by atoms with E-state index in [9.17, 15) is 23.6 Å². The normalized spacial score (nSPS) is 9.80. The molecule has 0 heterocycles. The molecule has 4 aromatic rings. The molecule has 0 bridgehead atoms. The topological polar surface area (TPSA) is 109 Å². The first-order chi connectivity index (χ1) is 19.6. The van der Waals surface area contributed by atoms with E-state index in [1.807, 2.05) is 72.8 Å². The Bertz CT molecular complexity index is 1390. The standard InChI is InChI=1S/C16H14O3S.C10H9FO3.C6H6S/c17-15(10-11-16(18)19)12-6-8-14(9-7-12)20-13-4-2-1-3-5-13;11-8-3-1-7(2-4-8)9(12)5-6-10(13)14;7-6-4-2-1-3-5-6/h1-9H,10-11H2,(H,18,19);1-4H,5-6H2,(H,13,14);1-5,7H. The van der Waals surface area contributed by atoms with Crippen molar-refractivity contribution in [3.8, 4) is 0 Å². The molecule has 0 spiro atoms. The smallest absolute Gasteiger partial charge is 0.303 e. The molecule has 0 saturated heterocycles. The minimum absolute atomic E-state index is 0.0422. The number of carboxylic acid groups (broad SMARTS) is 2. The van der Waals surface area contributed by atoms with Crippen molar-refractivity contribution >= 4 is 47.9 Å². The second-order valence-corrected chi connectivity index (χ2v) is 10.1. The van der Waals surface area contributed by atoms with Crippen LogP contribution in [0.25, 0.3) is 0 Å². The Kier molecular flexibility index (Phi) is 14.6. The lowest BCUT2D eigenvalue weighted by Crippen LogP contribution is -2.03. The van der Waals surface area contributed by atoms with E-state index in [0.717, 1.165) is 14.7 Å². The van der Waals surface area contributed by atoms with Crippen LogP contribution < -0.4 is 0 Å². The van der Waals surface area contributed by atoms with Crippen LogP contribution in [0.2, 0.25) is 0 Å². The van der Waals surface area contributed by atoms with Gasteiger partial charge in [0.15, 0.2) is 11.6 Å². The number of ketones is 2. The third-order valence-electron chi connectivity index (χ3n) is 5.21. The van der Waals surface area contributed by atoms with Crippen molar-refractivity contribution in [1.82, 2.24) is 0 Å². The summed E-state index contributed by atoms with van der Waals surface area (Å²) in [6.07, 6.45) is -0.336. The van der Waals surface area contributed by atoms with E-state index >= 15 is 0 Å². The van der Waals surface area contributed by atoms with Gasteiger partial charge in [-0.15, -0.1) is 12.6 Å². The predicted octanol–water partition coefficient (Wildman–Crippen LogP) is 7.73. The van der Waals surface area contributed by atoms with Gasteiger partial charge in [-0.3, -0.25) is 19.2 Å². The summed E-state index contributed by atoms with van der Waals surface area (Å²) < 4.78 is 12.5. The number of Topliss-reactive ketones (excluding diaryl/α,β-unsaturated/α-hetero) is 2. The van der Waals surface area contributed by atoms with Crippen LogP contribution in [0.3, 0.4) is 0 Å². The summed E-state index contributed by atoms with van der Waals surface area (Å²) in [4.78, 5) is 46.8. The molecule has 0 fully saturated rings. The number of rotatable bonds is 10. The van der Waals surface area contributed by atoms with Crippen LogP contribution in [0, 0.1) is 5.82 Å². The summed E-state index contributed by atoms with van der Waals surface area (Å²) in [6.45, 7) is 0. The summed E-state index contributed by atoms with van der Waals surface area (Å²) in [6, 6.07) is 32.1. The van der Waals surface area contributed by atoms with Gasteiger partial charge in [0.1, 0.15) is 5.82 Å². The number of hydrogen-bond donors (Lipinski definition) is 3. The molecule has 0 radical (unpaired) electrons. The van der Waals surface area contributed by atoms with Crippen molar-refractivity contribution < 1.29 is 33.8 Å². The minimum Gasteiger partial charge on any atom is -0.481 e. The molecule has 0 aliphatic heterocycles. The first-order valence-electron chi connectivity index (χ1n) is 12.5. The fourth-order valence-electron chi connectivity index (χ4n) is 3.13. The van der Waals surface area contributed by atoms with E-state index in [1.54, 1.807) is 23.9 Å². The third-order valence-corrected chi connectivity index (χ3v) is 6.52. The summed E-state index contributed by atoms with van der Waals surface area (Å²) in [5.74, 6) is -2.80. The highest BCUT2D eigenvalue weighted by Crippen LogP contribution is 2.27. The first kappa shape index (κ1) is 33.0. The van der Waals surface area contributed by atoms with Gasteiger partial charge in [-0.2, -0.15) is 0 Å². The molecule has 9 heteroatoms. The van der Waals surface area contributed by atoms with Crippen molar-refractivity contribution in [1.29, 1.82) is 0 Å². The van der Waals surface area contributed by atoms with Gasteiger partial charge < -0.3 is 10.2 Å². The van der Waals surface area contributed by atoms with E-state index in [-0.39, 0.29) is 37.2 Å². The number of benzene rings is 4. The lowest BCUT2D eigenvalue weighted by molar-refractivity contribution is -0.137. The molecule has 4 rings (SSSR count). The number of carbonyl (C=O) groups is 4.